The maximum Gasteiger partial charge on any atom is 0.214 e. The number of carbonyl (C=O) groups excluding carboxylic acids is 1. The Morgan fingerprint density at radius 1 is 1.14 bits per heavy atom. The Morgan fingerprint density at radius 3 is 2.54 bits per heavy atom. The molecule has 2 aromatic heterocycles. The van der Waals surface area contributed by atoms with Gasteiger partial charge in [0.15, 0.2) is 11.5 Å². The molecule has 0 spiro atoms. The van der Waals surface area contributed by atoms with Crippen LogP contribution in [-0.2, 0) is 23.0 Å². The number of hydrazone groups is 1. The van der Waals surface area contributed by atoms with Crippen molar-refractivity contribution in [3.8, 4) is 0 Å². The topological polar surface area (TPSA) is 102 Å². The summed E-state index contributed by atoms with van der Waals surface area (Å²) >= 11 is 0. The molecule has 1 amide bonds. The fourth-order valence-electron chi connectivity index (χ4n) is 4.73. The number of amides is 1. The lowest BCUT2D eigenvalue weighted by molar-refractivity contribution is -0.115. The van der Waals surface area contributed by atoms with Crippen LogP contribution in [0.25, 0.3) is 11.2 Å². The molecule has 1 aromatic carbocycles. The van der Waals surface area contributed by atoms with E-state index in [0.29, 0.717) is 5.92 Å². The summed E-state index contributed by atoms with van der Waals surface area (Å²) in [7, 11) is 2.09. The van der Waals surface area contributed by atoms with Gasteiger partial charge in [-0.25, -0.2) is 15.0 Å². The first-order valence-electron chi connectivity index (χ1n) is 13.1. The summed E-state index contributed by atoms with van der Waals surface area (Å²) in [6, 6.07) is 10.8. The summed E-state index contributed by atoms with van der Waals surface area (Å²) in [6.07, 6.45) is 2.98. The highest BCUT2D eigenvalue weighted by atomic mass is 16.5. The van der Waals surface area contributed by atoms with E-state index in [1.54, 1.807) is 0 Å². The lowest BCUT2D eigenvalue weighted by Gasteiger charge is -2.30. The normalized spacial score (nSPS) is 16.0. The second kappa shape index (κ2) is 11.7. The number of benzene rings is 1. The fourth-order valence-corrected chi connectivity index (χ4v) is 4.73. The SMILES string of the molecule is CC(N)=O.Cc1cccc(C2=NN(c3cc(N4CCOCC4)c4nc(CC(C)C)n(C)c4n3)CCC2)c1. The number of carbonyl (C=O) groups is 1. The first-order valence-corrected chi connectivity index (χ1v) is 13.1. The number of primary amides is 1. The highest BCUT2D eigenvalue weighted by molar-refractivity contribution is 6.01. The van der Waals surface area contributed by atoms with E-state index < -0.39 is 0 Å². The van der Waals surface area contributed by atoms with Gasteiger partial charge in [0.05, 0.1) is 24.6 Å². The van der Waals surface area contributed by atoms with Gasteiger partial charge in [0.2, 0.25) is 5.91 Å². The van der Waals surface area contributed by atoms with Crippen molar-refractivity contribution >= 4 is 34.3 Å². The number of fused-ring (bicyclic) bond motifs is 1. The number of anilines is 2. The number of hydrogen-bond acceptors (Lipinski definition) is 7. The minimum absolute atomic E-state index is 0.333. The van der Waals surface area contributed by atoms with Crippen molar-refractivity contribution in [3.63, 3.8) is 0 Å². The predicted molar refractivity (Wildman–Crippen MR) is 149 cm³/mol. The molecule has 37 heavy (non-hydrogen) atoms. The number of morpholine rings is 1. The second-order valence-electron chi connectivity index (χ2n) is 10.2. The molecule has 9 heteroatoms. The van der Waals surface area contributed by atoms with Crippen LogP contribution in [0.3, 0.4) is 0 Å². The zero-order chi connectivity index (χ0) is 26.5. The molecule has 5 rings (SSSR count). The molecule has 2 aliphatic heterocycles. The summed E-state index contributed by atoms with van der Waals surface area (Å²) in [5.41, 5.74) is 11.1. The van der Waals surface area contributed by atoms with Gasteiger partial charge < -0.3 is 19.9 Å². The van der Waals surface area contributed by atoms with E-state index in [4.69, 9.17) is 19.8 Å². The monoisotopic (exact) mass is 505 g/mol. The van der Waals surface area contributed by atoms with Crippen molar-refractivity contribution < 1.29 is 9.53 Å². The smallest absolute Gasteiger partial charge is 0.214 e. The maximum atomic E-state index is 9.22. The summed E-state index contributed by atoms with van der Waals surface area (Å²) in [4.78, 5) is 21.7. The zero-order valence-electron chi connectivity index (χ0n) is 22.7. The molecule has 0 aliphatic carbocycles. The molecule has 0 radical (unpaired) electrons. The molecular weight excluding hydrogens is 466 g/mol. The third-order valence-electron chi connectivity index (χ3n) is 6.47. The van der Waals surface area contributed by atoms with Crippen LogP contribution in [0.5, 0.6) is 0 Å². The Hall–Kier alpha value is -3.46. The molecule has 3 aromatic rings. The molecule has 9 nitrogen and oxygen atoms in total. The molecule has 1 saturated heterocycles. The first kappa shape index (κ1) is 26.6. The zero-order valence-corrected chi connectivity index (χ0v) is 22.7. The highest BCUT2D eigenvalue weighted by Gasteiger charge is 2.24. The lowest BCUT2D eigenvalue weighted by atomic mass is 10.0. The number of aryl methyl sites for hydroxylation is 2. The summed E-state index contributed by atoms with van der Waals surface area (Å²) in [6.45, 7) is 12.0. The number of pyridine rings is 1. The van der Waals surface area contributed by atoms with Crippen molar-refractivity contribution in [3.05, 3.63) is 47.3 Å². The van der Waals surface area contributed by atoms with Gasteiger partial charge in [-0.3, -0.25) is 4.79 Å². The van der Waals surface area contributed by atoms with E-state index in [0.717, 1.165) is 86.3 Å². The molecule has 0 unspecified atom stereocenters. The minimum Gasteiger partial charge on any atom is -0.378 e. The summed E-state index contributed by atoms with van der Waals surface area (Å²) in [5, 5.41) is 7.14. The fraction of sp³-hybridized carbons (Fsp3) is 0.500. The van der Waals surface area contributed by atoms with E-state index in [9.17, 15) is 4.79 Å². The van der Waals surface area contributed by atoms with Gasteiger partial charge in [0.1, 0.15) is 11.3 Å². The molecule has 1 fully saturated rings. The molecule has 0 atom stereocenters. The van der Waals surface area contributed by atoms with Crippen LogP contribution in [0.15, 0.2) is 35.4 Å². The van der Waals surface area contributed by atoms with Gasteiger partial charge in [-0.15, -0.1) is 0 Å². The highest BCUT2D eigenvalue weighted by Crippen LogP contribution is 2.32. The summed E-state index contributed by atoms with van der Waals surface area (Å²) in [5.74, 6) is 2.19. The largest absolute Gasteiger partial charge is 0.378 e. The maximum absolute atomic E-state index is 9.22. The first-order chi connectivity index (χ1) is 17.7. The average molecular weight is 506 g/mol. The number of nitrogens with two attached hydrogens (primary N) is 1. The van der Waals surface area contributed by atoms with Crippen molar-refractivity contribution in [1.29, 1.82) is 0 Å². The quantitative estimate of drug-likeness (QED) is 0.566. The lowest BCUT2D eigenvalue weighted by Crippen LogP contribution is -2.36. The Bertz CT molecular complexity index is 1270. The van der Waals surface area contributed by atoms with Gasteiger partial charge in [-0.1, -0.05) is 43.7 Å². The van der Waals surface area contributed by atoms with Crippen molar-refractivity contribution in [2.24, 2.45) is 23.8 Å². The van der Waals surface area contributed by atoms with Crippen LogP contribution in [0.4, 0.5) is 11.5 Å². The molecular formula is C28H39N7O2. The molecule has 4 heterocycles. The molecule has 0 saturated carbocycles. The van der Waals surface area contributed by atoms with Crippen LogP contribution in [0.1, 0.15) is 50.6 Å². The van der Waals surface area contributed by atoms with Crippen LogP contribution in [-0.4, -0.2) is 59.0 Å². The number of nitrogens with zero attached hydrogens (tertiary/aromatic N) is 6. The van der Waals surface area contributed by atoms with Crippen molar-refractivity contribution in [2.75, 3.05) is 42.8 Å². The van der Waals surface area contributed by atoms with Crippen LogP contribution in [0, 0.1) is 12.8 Å². The number of imidazole rings is 1. The van der Waals surface area contributed by atoms with Crippen molar-refractivity contribution in [1.82, 2.24) is 14.5 Å². The predicted octanol–water partition coefficient (Wildman–Crippen LogP) is 3.81. The van der Waals surface area contributed by atoms with E-state index >= 15 is 0 Å². The Kier molecular flexibility index (Phi) is 8.43. The number of rotatable bonds is 5. The Balaban J connectivity index is 0.000000747. The van der Waals surface area contributed by atoms with Crippen molar-refractivity contribution in [2.45, 2.75) is 47.0 Å². The Labute approximate surface area is 219 Å². The minimum atomic E-state index is -0.333. The van der Waals surface area contributed by atoms with Gasteiger partial charge >= 0.3 is 0 Å². The Morgan fingerprint density at radius 2 is 1.86 bits per heavy atom. The molecule has 0 bridgehead atoms. The number of aromatic nitrogens is 3. The average Bonchev–Trinajstić information content (AvgIpc) is 3.18. The molecule has 198 valence electrons. The van der Waals surface area contributed by atoms with E-state index in [1.807, 2.05) is 0 Å². The third-order valence-corrected chi connectivity index (χ3v) is 6.47. The standard InChI is InChI=1S/C26H34N6O.C2H5NO/c1-18(2)15-23-27-25-22(31-11-13-33-14-12-31)17-24(28-26(25)30(23)4)32-10-6-9-21(29-32)20-8-5-7-19(3)16-20;1-2(3)4/h5,7-8,16-18H,6,9-15H2,1-4H3;1H3,(H2,3,4). The van der Waals surface area contributed by atoms with E-state index in [1.165, 1.54) is 18.1 Å². The van der Waals surface area contributed by atoms with Gasteiger partial charge in [0.25, 0.3) is 0 Å². The van der Waals surface area contributed by atoms with Gasteiger partial charge in [-0.2, -0.15) is 5.10 Å². The molecule has 2 aliphatic rings. The van der Waals surface area contributed by atoms with Crippen LogP contribution >= 0.6 is 0 Å². The third kappa shape index (κ3) is 6.46. The summed E-state index contributed by atoms with van der Waals surface area (Å²) < 4.78 is 7.78. The van der Waals surface area contributed by atoms with E-state index in [-0.39, 0.29) is 5.91 Å². The van der Waals surface area contributed by atoms with Crippen LogP contribution < -0.4 is 15.6 Å². The number of hydrogen-bond donors (Lipinski definition) is 1. The number of ether oxygens (including phenoxy) is 1. The van der Waals surface area contributed by atoms with Crippen LogP contribution in [0.2, 0.25) is 0 Å². The van der Waals surface area contributed by atoms with Gasteiger partial charge in [0, 0.05) is 46.1 Å². The van der Waals surface area contributed by atoms with Gasteiger partial charge in [-0.05, 0) is 31.2 Å². The molecule has 2 N–H and O–H groups in total. The van der Waals surface area contributed by atoms with E-state index in [2.05, 4.69) is 78.4 Å². The second-order valence-corrected chi connectivity index (χ2v) is 10.2.